The number of tetrazole rings is 1. The zero-order chi connectivity index (χ0) is 25.4. The van der Waals surface area contributed by atoms with Gasteiger partial charge in [-0.15, -0.1) is 5.10 Å². The number of Topliss-reactive ketones (excluding diaryl/α,β-unsaturated/α-hetero) is 1. The minimum Gasteiger partial charge on any atom is -0.486 e. The molecule has 1 saturated heterocycles. The lowest BCUT2D eigenvalue weighted by molar-refractivity contribution is -0.00571. The fourth-order valence-corrected chi connectivity index (χ4v) is 4.99. The molecule has 1 fully saturated rings. The number of aromatic amines is 1. The Bertz CT molecular complexity index is 1460. The Morgan fingerprint density at radius 1 is 1.05 bits per heavy atom. The van der Waals surface area contributed by atoms with E-state index in [9.17, 15) is 9.59 Å². The summed E-state index contributed by atoms with van der Waals surface area (Å²) >= 11 is 0. The number of hydrogen-bond donors (Lipinski definition) is 1. The average molecular weight is 497 g/mol. The van der Waals surface area contributed by atoms with E-state index in [2.05, 4.69) is 25.6 Å². The van der Waals surface area contributed by atoms with Crippen LogP contribution in [0, 0.1) is 0 Å². The van der Waals surface area contributed by atoms with Gasteiger partial charge in [-0.2, -0.15) is 0 Å². The van der Waals surface area contributed by atoms with Gasteiger partial charge in [-0.05, 0) is 34.7 Å². The number of carbonyl (C=O) groups is 2. The van der Waals surface area contributed by atoms with Crippen molar-refractivity contribution in [2.24, 2.45) is 0 Å². The molecule has 1 N–H and O–H groups in total. The summed E-state index contributed by atoms with van der Waals surface area (Å²) in [6, 6.07) is 18.5. The summed E-state index contributed by atoms with van der Waals surface area (Å²) in [4.78, 5) is 32.9. The van der Waals surface area contributed by atoms with Crippen molar-refractivity contribution >= 4 is 11.7 Å². The molecule has 0 bridgehead atoms. The van der Waals surface area contributed by atoms with Gasteiger partial charge in [-0.25, -0.2) is 10.1 Å². The summed E-state index contributed by atoms with van der Waals surface area (Å²) in [5, 5.41) is 13.8. The van der Waals surface area contributed by atoms with Gasteiger partial charge in [0.2, 0.25) is 5.88 Å². The molecule has 186 valence electrons. The van der Waals surface area contributed by atoms with E-state index in [1.165, 1.54) is 7.11 Å². The van der Waals surface area contributed by atoms with Gasteiger partial charge in [0.25, 0.3) is 5.91 Å². The SMILES string of the molecule is COc1cc(C(=O)N2CCC3(CC2)CC(=O)c2cc(-c4nnn[nH]4)ccc2O3)cc(-c2ccccc2)n1. The van der Waals surface area contributed by atoms with Crippen LogP contribution in [0.25, 0.3) is 22.6 Å². The van der Waals surface area contributed by atoms with Crippen molar-refractivity contribution in [3.63, 3.8) is 0 Å². The first-order valence-electron chi connectivity index (χ1n) is 12.0. The van der Waals surface area contributed by atoms with Crippen molar-refractivity contribution in [3.8, 4) is 34.3 Å². The Morgan fingerprint density at radius 2 is 1.86 bits per heavy atom. The Balaban J connectivity index is 1.19. The van der Waals surface area contributed by atoms with Crippen molar-refractivity contribution in [2.75, 3.05) is 20.2 Å². The van der Waals surface area contributed by atoms with Gasteiger partial charge in [0.05, 0.1) is 24.8 Å². The molecule has 0 unspecified atom stereocenters. The molecule has 2 aliphatic heterocycles. The summed E-state index contributed by atoms with van der Waals surface area (Å²) in [5.74, 6) is 1.35. The van der Waals surface area contributed by atoms with Gasteiger partial charge in [0.1, 0.15) is 11.4 Å². The second kappa shape index (κ2) is 9.12. The van der Waals surface area contributed by atoms with Crippen LogP contribution >= 0.6 is 0 Å². The molecular formula is C27H24N6O4. The molecule has 2 aromatic carbocycles. The van der Waals surface area contributed by atoms with Gasteiger partial charge >= 0.3 is 0 Å². The van der Waals surface area contributed by atoms with Crippen LogP contribution < -0.4 is 9.47 Å². The van der Waals surface area contributed by atoms with Gasteiger partial charge in [0, 0.05) is 48.7 Å². The Labute approximate surface area is 212 Å². The van der Waals surface area contributed by atoms with Crippen LogP contribution in [0.2, 0.25) is 0 Å². The van der Waals surface area contributed by atoms with Crippen molar-refractivity contribution < 1.29 is 19.1 Å². The molecule has 10 heteroatoms. The number of aromatic nitrogens is 5. The maximum absolute atomic E-state index is 13.5. The predicted octanol–water partition coefficient (Wildman–Crippen LogP) is 3.58. The predicted molar refractivity (Wildman–Crippen MR) is 133 cm³/mol. The highest BCUT2D eigenvalue weighted by Gasteiger charge is 2.44. The number of methoxy groups -OCH3 is 1. The lowest BCUT2D eigenvalue weighted by Gasteiger charge is -2.44. The monoisotopic (exact) mass is 496 g/mol. The van der Waals surface area contributed by atoms with Crippen molar-refractivity contribution in [2.45, 2.75) is 24.9 Å². The summed E-state index contributed by atoms with van der Waals surface area (Å²) in [7, 11) is 1.54. The Hall–Kier alpha value is -4.60. The zero-order valence-corrected chi connectivity index (χ0v) is 20.2. The molecule has 37 heavy (non-hydrogen) atoms. The normalized spacial score (nSPS) is 16.2. The maximum Gasteiger partial charge on any atom is 0.254 e. The minimum atomic E-state index is -0.624. The third-order valence-corrected chi connectivity index (χ3v) is 7.00. The molecule has 4 aromatic rings. The number of benzene rings is 2. The minimum absolute atomic E-state index is 0.0155. The molecule has 1 amide bonds. The number of pyridine rings is 1. The number of amides is 1. The van der Waals surface area contributed by atoms with Crippen LogP contribution in [-0.2, 0) is 0 Å². The molecule has 10 nitrogen and oxygen atoms in total. The molecule has 4 heterocycles. The van der Waals surface area contributed by atoms with E-state index in [0.717, 1.165) is 11.1 Å². The highest BCUT2D eigenvalue weighted by molar-refractivity contribution is 6.01. The van der Waals surface area contributed by atoms with Gasteiger partial charge in [-0.1, -0.05) is 30.3 Å². The van der Waals surface area contributed by atoms with Crippen molar-refractivity contribution in [3.05, 3.63) is 71.8 Å². The van der Waals surface area contributed by atoms with Crippen LogP contribution in [0.15, 0.2) is 60.7 Å². The van der Waals surface area contributed by atoms with E-state index in [4.69, 9.17) is 9.47 Å². The summed E-state index contributed by atoms with van der Waals surface area (Å²) in [5.41, 5.74) is 2.72. The highest BCUT2D eigenvalue weighted by Crippen LogP contribution is 2.40. The van der Waals surface area contributed by atoms with E-state index in [0.29, 0.717) is 60.2 Å². The number of fused-ring (bicyclic) bond motifs is 1. The number of H-pyrrole nitrogens is 1. The summed E-state index contributed by atoms with van der Waals surface area (Å²) in [6.45, 7) is 0.961. The quantitative estimate of drug-likeness (QED) is 0.455. The number of ketones is 1. The number of piperidine rings is 1. The maximum atomic E-state index is 13.5. The third kappa shape index (κ3) is 4.31. The first kappa shape index (κ1) is 22.8. The lowest BCUT2D eigenvalue weighted by atomic mass is 9.82. The smallest absolute Gasteiger partial charge is 0.254 e. The molecule has 0 aliphatic carbocycles. The molecule has 2 aliphatic rings. The molecule has 1 spiro atoms. The van der Waals surface area contributed by atoms with Crippen LogP contribution in [0.1, 0.15) is 40.0 Å². The van der Waals surface area contributed by atoms with Crippen molar-refractivity contribution in [1.82, 2.24) is 30.5 Å². The van der Waals surface area contributed by atoms with E-state index in [1.807, 2.05) is 36.4 Å². The van der Waals surface area contributed by atoms with Crippen LogP contribution in [0.4, 0.5) is 0 Å². The topological polar surface area (TPSA) is 123 Å². The van der Waals surface area contributed by atoms with Crippen LogP contribution in [-0.4, -0.2) is 68.0 Å². The van der Waals surface area contributed by atoms with Gasteiger partial charge in [0.15, 0.2) is 11.6 Å². The largest absolute Gasteiger partial charge is 0.486 e. The molecule has 6 rings (SSSR count). The van der Waals surface area contributed by atoms with E-state index in [1.54, 1.807) is 29.2 Å². The summed E-state index contributed by atoms with van der Waals surface area (Å²) < 4.78 is 11.8. The van der Waals surface area contributed by atoms with Gasteiger partial charge in [-0.3, -0.25) is 9.59 Å². The molecule has 2 aromatic heterocycles. The number of nitrogens with one attached hydrogen (secondary N) is 1. The first-order chi connectivity index (χ1) is 18.0. The van der Waals surface area contributed by atoms with Gasteiger partial charge < -0.3 is 14.4 Å². The number of likely N-dealkylation sites (tertiary alicyclic amines) is 1. The zero-order valence-electron chi connectivity index (χ0n) is 20.2. The molecule has 0 radical (unpaired) electrons. The fourth-order valence-electron chi connectivity index (χ4n) is 4.99. The Kier molecular flexibility index (Phi) is 5.63. The molecular weight excluding hydrogens is 472 g/mol. The molecule has 0 atom stereocenters. The fraction of sp³-hybridized carbons (Fsp3) is 0.259. The number of ether oxygens (including phenoxy) is 2. The van der Waals surface area contributed by atoms with Crippen LogP contribution in [0.5, 0.6) is 11.6 Å². The Morgan fingerprint density at radius 3 is 2.59 bits per heavy atom. The van der Waals surface area contributed by atoms with E-state index >= 15 is 0 Å². The second-order valence-electron chi connectivity index (χ2n) is 9.29. The second-order valence-corrected chi connectivity index (χ2v) is 9.29. The molecule has 0 saturated carbocycles. The summed E-state index contributed by atoms with van der Waals surface area (Å²) in [6.07, 6.45) is 1.39. The first-order valence-corrected chi connectivity index (χ1v) is 12.0. The van der Waals surface area contributed by atoms with E-state index in [-0.39, 0.29) is 18.1 Å². The average Bonchev–Trinajstić information content (AvgIpc) is 3.48. The lowest BCUT2D eigenvalue weighted by Crippen LogP contribution is -2.52. The van der Waals surface area contributed by atoms with Crippen molar-refractivity contribution in [1.29, 1.82) is 0 Å². The van der Waals surface area contributed by atoms with E-state index < -0.39 is 5.60 Å². The third-order valence-electron chi connectivity index (χ3n) is 7.00. The number of nitrogens with zero attached hydrogens (tertiary/aromatic N) is 5. The standard InChI is InChI=1S/C27H24N6O4/c1-36-24-15-19(14-21(28-24)17-5-3-2-4-6-17)26(35)33-11-9-27(10-12-33)16-22(34)20-13-18(7-8-23(20)37-27)25-29-31-32-30-25/h2-8,13-15H,9-12,16H2,1H3,(H,29,30,31,32). The number of carbonyl (C=O) groups excluding carboxylic acids is 2. The number of hydrogen-bond acceptors (Lipinski definition) is 8. The highest BCUT2D eigenvalue weighted by atomic mass is 16.5. The van der Waals surface area contributed by atoms with Crippen LogP contribution in [0.3, 0.4) is 0 Å². The number of rotatable bonds is 4.